The molecule has 0 amide bonds. The van der Waals surface area contributed by atoms with Crippen LogP contribution in [-0.2, 0) is 0 Å². The van der Waals surface area contributed by atoms with E-state index in [-0.39, 0.29) is 0 Å². The van der Waals surface area contributed by atoms with E-state index < -0.39 is 0 Å². The monoisotopic (exact) mass is 239 g/mol. The van der Waals surface area contributed by atoms with Gasteiger partial charge in [-0.3, -0.25) is 4.98 Å². The lowest BCUT2D eigenvalue weighted by atomic mass is 10.5. The van der Waals surface area contributed by atoms with Crippen LogP contribution in [0.25, 0.3) is 0 Å². The molecule has 0 atom stereocenters. The Morgan fingerprint density at radius 2 is 2.12 bits per heavy atom. The molecule has 88 valence electrons. The summed E-state index contributed by atoms with van der Waals surface area (Å²) in [7, 11) is 0. The molecule has 1 rings (SSSR count). The third-order valence-electron chi connectivity index (χ3n) is 2.12. The predicted octanol–water partition coefficient (Wildman–Crippen LogP) is 1.98. The Balaban J connectivity index is 2.97. The van der Waals surface area contributed by atoms with E-state index in [2.05, 4.69) is 45.6 Å². The number of rotatable bonds is 6. The van der Waals surface area contributed by atoms with Crippen LogP contribution in [0.4, 0.5) is 11.9 Å². The summed E-state index contributed by atoms with van der Waals surface area (Å²) in [6, 6.07) is 0. The molecule has 1 aromatic rings. The number of hydrogen-bond donors (Lipinski definition) is 2. The van der Waals surface area contributed by atoms with Crippen molar-refractivity contribution in [2.24, 2.45) is 0 Å². The summed E-state index contributed by atoms with van der Waals surface area (Å²) >= 11 is 5.02. The summed E-state index contributed by atoms with van der Waals surface area (Å²) in [4.78, 5) is 13.5. The van der Waals surface area contributed by atoms with Gasteiger partial charge in [0, 0.05) is 19.6 Å². The van der Waals surface area contributed by atoms with Crippen molar-refractivity contribution in [1.29, 1.82) is 0 Å². The standard InChI is InChI=1S/C10H17N5S/c1-4-7-11-8-12-9(14-10(16)13-8)15(5-2)6-3/h4H,1,5-7H2,2-3H3,(H2,11,12,13,14,16). The molecule has 0 aliphatic carbocycles. The lowest BCUT2D eigenvalue weighted by Gasteiger charge is -2.19. The number of aromatic nitrogens is 3. The molecule has 0 spiro atoms. The van der Waals surface area contributed by atoms with Crippen LogP contribution < -0.4 is 10.2 Å². The Labute approximate surface area is 101 Å². The first-order chi connectivity index (χ1) is 7.71. The minimum Gasteiger partial charge on any atom is -0.352 e. The molecule has 0 fully saturated rings. The molecular formula is C10H17N5S. The van der Waals surface area contributed by atoms with Gasteiger partial charge in [-0.05, 0) is 26.1 Å². The molecule has 0 radical (unpaired) electrons. The molecule has 0 bridgehead atoms. The summed E-state index contributed by atoms with van der Waals surface area (Å²) in [5, 5.41) is 3.06. The van der Waals surface area contributed by atoms with Gasteiger partial charge in [-0.25, -0.2) is 0 Å². The lowest BCUT2D eigenvalue weighted by Crippen LogP contribution is -2.25. The predicted molar refractivity (Wildman–Crippen MR) is 69.5 cm³/mol. The van der Waals surface area contributed by atoms with Gasteiger partial charge in [-0.15, -0.1) is 6.58 Å². The highest BCUT2D eigenvalue weighted by Crippen LogP contribution is 2.08. The van der Waals surface area contributed by atoms with Crippen molar-refractivity contribution in [2.45, 2.75) is 13.8 Å². The van der Waals surface area contributed by atoms with Gasteiger partial charge in [0.05, 0.1) is 0 Å². The Kier molecular flexibility index (Phi) is 4.91. The van der Waals surface area contributed by atoms with E-state index in [0.717, 1.165) is 19.0 Å². The molecule has 0 aliphatic heterocycles. The Morgan fingerprint density at radius 3 is 2.69 bits per heavy atom. The molecule has 0 saturated heterocycles. The largest absolute Gasteiger partial charge is 0.352 e. The SMILES string of the molecule is C=CCNc1nc(=S)nc(N(CC)CC)[nH]1. The van der Waals surface area contributed by atoms with Crippen LogP contribution in [-0.4, -0.2) is 34.6 Å². The normalized spacial score (nSPS) is 9.88. The summed E-state index contributed by atoms with van der Waals surface area (Å²) in [5.74, 6) is 1.37. The van der Waals surface area contributed by atoms with Crippen molar-refractivity contribution < 1.29 is 0 Å². The zero-order chi connectivity index (χ0) is 12.0. The van der Waals surface area contributed by atoms with Crippen LogP contribution in [0.5, 0.6) is 0 Å². The van der Waals surface area contributed by atoms with Crippen LogP contribution in [0.3, 0.4) is 0 Å². The van der Waals surface area contributed by atoms with E-state index in [1.54, 1.807) is 6.08 Å². The zero-order valence-corrected chi connectivity index (χ0v) is 10.5. The second kappa shape index (κ2) is 6.22. The number of nitrogens with zero attached hydrogens (tertiary/aromatic N) is 3. The minimum atomic E-state index is 0.340. The topological polar surface area (TPSA) is 56.8 Å². The van der Waals surface area contributed by atoms with Gasteiger partial charge in [-0.1, -0.05) is 6.08 Å². The molecule has 1 heterocycles. The van der Waals surface area contributed by atoms with Crippen LogP contribution in [0, 0.1) is 4.77 Å². The van der Waals surface area contributed by atoms with Crippen LogP contribution in [0.1, 0.15) is 13.8 Å². The average molecular weight is 239 g/mol. The fourth-order valence-corrected chi connectivity index (χ4v) is 1.48. The smallest absolute Gasteiger partial charge is 0.225 e. The molecule has 2 N–H and O–H groups in total. The number of hydrogen-bond acceptors (Lipinski definition) is 5. The van der Waals surface area contributed by atoms with Gasteiger partial charge >= 0.3 is 0 Å². The van der Waals surface area contributed by atoms with E-state index in [4.69, 9.17) is 12.2 Å². The second-order valence-electron chi connectivity index (χ2n) is 3.15. The summed E-state index contributed by atoms with van der Waals surface area (Å²) in [6.45, 7) is 10.2. The van der Waals surface area contributed by atoms with Crippen molar-refractivity contribution in [3.63, 3.8) is 0 Å². The minimum absolute atomic E-state index is 0.340. The maximum atomic E-state index is 5.02. The van der Waals surface area contributed by atoms with Gasteiger partial charge in [0.1, 0.15) is 0 Å². The number of nitrogens with one attached hydrogen (secondary N) is 2. The first kappa shape index (κ1) is 12.6. The Morgan fingerprint density at radius 1 is 1.44 bits per heavy atom. The van der Waals surface area contributed by atoms with E-state index >= 15 is 0 Å². The average Bonchev–Trinajstić information content (AvgIpc) is 2.27. The second-order valence-corrected chi connectivity index (χ2v) is 3.51. The Bertz CT molecular complexity index is 396. The van der Waals surface area contributed by atoms with E-state index in [9.17, 15) is 0 Å². The molecule has 16 heavy (non-hydrogen) atoms. The van der Waals surface area contributed by atoms with Gasteiger partial charge in [-0.2, -0.15) is 9.97 Å². The van der Waals surface area contributed by atoms with E-state index in [1.807, 2.05) is 0 Å². The van der Waals surface area contributed by atoms with Gasteiger partial charge in [0.25, 0.3) is 0 Å². The van der Waals surface area contributed by atoms with Crippen molar-refractivity contribution in [1.82, 2.24) is 15.0 Å². The highest BCUT2D eigenvalue weighted by Gasteiger charge is 2.05. The van der Waals surface area contributed by atoms with Crippen LogP contribution in [0.2, 0.25) is 0 Å². The molecule has 1 aromatic heterocycles. The summed E-state index contributed by atoms with van der Waals surface area (Å²) in [5.41, 5.74) is 0. The quantitative estimate of drug-likeness (QED) is 0.587. The molecule has 0 unspecified atom stereocenters. The molecule has 5 nitrogen and oxygen atoms in total. The lowest BCUT2D eigenvalue weighted by molar-refractivity contribution is 0.809. The summed E-state index contributed by atoms with van der Waals surface area (Å²) < 4.78 is 0.340. The summed E-state index contributed by atoms with van der Waals surface area (Å²) in [6.07, 6.45) is 1.76. The van der Waals surface area contributed by atoms with Crippen molar-refractivity contribution in [2.75, 3.05) is 29.9 Å². The third-order valence-corrected chi connectivity index (χ3v) is 2.30. The van der Waals surface area contributed by atoms with Gasteiger partial charge in [0.2, 0.25) is 16.7 Å². The molecule has 0 aliphatic rings. The fraction of sp³-hybridized carbons (Fsp3) is 0.500. The fourth-order valence-electron chi connectivity index (χ4n) is 1.30. The number of anilines is 2. The van der Waals surface area contributed by atoms with Crippen LogP contribution in [0.15, 0.2) is 12.7 Å². The Hall–Kier alpha value is -1.43. The van der Waals surface area contributed by atoms with E-state index in [0.29, 0.717) is 17.3 Å². The maximum absolute atomic E-state index is 5.02. The first-order valence-electron chi connectivity index (χ1n) is 5.29. The number of aromatic amines is 1. The molecule has 0 saturated carbocycles. The van der Waals surface area contributed by atoms with E-state index in [1.165, 1.54) is 0 Å². The third kappa shape index (κ3) is 3.30. The zero-order valence-electron chi connectivity index (χ0n) is 9.66. The number of H-pyrrole nitrogens is 1. The maximum Gasteiger partial charge on any atom is 0.225 e. The van der Waals surface area contributed by atoms with Crippen molar-refractivity contribution in [3.8, 4) is 0 Å². The van der Waals surface area contributed by atoms with Crippen molar-refractivity contribution >= 4 is 24.1 Å². The first-order valence-corrected chi connectivity index (χ1v) is 5.70. The highest BCUT2D eigenvalue weighted by atomic mass is 32.1. The molecular weight excluding hydrogens is 222 g/mol. The van der Waals surface area contributed by atoms with Crippen LogP contribution >= 0.6 is 12.2 Å². The van der Waals surface area contributed by atoms with Crippen molar-refractivity contribution in [3.05, 3.63) is 17.4 Å². The molecule has 6 heteroatoms. The molecule has 0 aromatic carbocycles. The van der Waals surface area contributed by atoms with Gasteiger partial charge < -0.3 is 10.2 Å². The van der Waals surface area contributed by atoms with Gasteiger partial charge in [0.15, 0.2) is 0 Å². The highest BCUT2D eigenvalue weighted by molar-refractivity contribution is 7.71.